The van der Waals surface area contributed by atoms with E-state index in [0.29, 0.717) is 0 Å². The predicted octanol–water partition coefficient (Wildman–Crippen LogP) is -0.979. The third kappa shape index (κ3) is 0.393. The fourth-order valence-electron chi connectivity index (χ4n) is 1.22. The maximum absolute atomic E-state index is 8.70. The molecule has 2 saturated heterocycles. The summed E-state index contributed by atoms with van der Waals surface area (Å²) in [5.74, 6) is 0. The van der Waals surface area contributed by atoms with Gasteiger partial charge in [-0.05, 0) is 0 Å². The van der Waals surface area contributed by atoms with Crippen LogP contribution in [0.15, 0.2) is 0 Å². The second-order valence-corrected chi connectivity index (χ2v) is 2.37. The van der Waals surface area contributed by atoms with Crippen LogP contribution in [-0.4, -0.2) is 42.0 Å². The lowest BCUT2D eigenvalue weighted by Gasteiger charge is -2.03. The molecule has 3 heteroatoms. The third-order valence-electron chi connectivity index (χ3n) is 1.89. The second-order valence-electron chi connectivity index (χ2n) is 2.37. The van der Waals surface area contributed by atoms with Crippen LogP contribution >= 0.6 is 0 Å². The van der Waals surface area contributed by atoms with Gasteiger partial charge in [0.05, 0.1) is 13.2 Å². The van der Waals surface area contributed by atoms with E-state index in [-0.39, 0.29) is 12.3 Å². The van der Waals surface area contributed by atoms with Gasteiger partial charge in [0.25, 0.3) is 0 Å². The number of ether oxygens (including phenoxy) is 1. The van der Waals surface area contributed by atoms with Crippen LogP contribution in [0.1, 0.15) is 0 Å². The number of hydrogen-bond acceptors (Lipinski definition) is 3. The molecule has 0 aromatic heterocycles. The van der Waals surface area contributed by atoms with Gasteiger partial charge in [0.15, 0.2) is 5.72 Å². The summed E-state index contributed by atoms with van der Waals surface area (Å²) >= 11 is 0. The number of aliphatic hydroxyl groups excluding tert-OH is 1. The van der Waals surface area contributed by atoms with Crippen LogP contribution in [0.5, 0.6) is 0 Å². The molecule has 2 atom stereocenters. The van der Waals surface area contributed by atoms with E-state index in [1.165, 1.54) is 0 Å². The number of aliphatic hydroxyl groups is 1. The van der Waals surface area contributed by atoms with Crippen LogP contribution in [0, 0.1) is 0 Å². The summed E-state index contributed by atoms with van der Waals surface area (Å²) in [4.78, 5) is 2.13. The Balaban J connectivity index is 2.08. The molecule has 0 aromatic carbocycles. The van der Waals surface area contributed by atoms with E-state index < -0.39 is 0 Å². The highest BCUT2D eigenvalue weighted by atomic mass is 16.6. The van der Waals surface area contributed by atoms with E-state index >= 15 is 0 Å². The first-order chi connectivity index (χ1) is 3.87. The number of nitrogens with zero attached hydrogens (tertiary/aromatic N) is 1. The van der Waals surface area contributed by atoms with E-state index in [0.717, 1.165) is 19.7 Å². The average molecular weight is 115 g/mol. The van der Waals surface area contributed by atoms with Crippen molar-refractivity contribution in [1.29, 1.82) is 0 Å². The van der Waals surface area contributed by atoms with Crippen molar-refractivity contribution in [2.75, 3.05) is 26.3 Å². The Labute approximate surface area is 47.9 Å². The highest BCUT2D eigenvalue weighted by Gasteiger charge is 2.56. The van der Waals surface area contributed by atoms with Gasteiger partial charge in [0.2, 0.25) is 0 Å². The molecule has 2 fully saturated rings. The quantitative estimate of drug-likeness (QED) is 0.446. The van der Waals surface area contributed by atoms with Crippen LogP contribution in [-0.2, 0) is 4.74 Å². The van der Waals surface area contributed by atoms with Gasteiger partial charge in [-0.2, -0.15) is 0 Å². The fraction of sp³-hybridized carbons (Fsp3) is 1.00. The summed E-state index contributed by atoms with van der Waals surface area (Å²) in [5, 5.41) is 8.70. The van der Waals surface area contributed by atoms with E-state index in [1.54, 1.807) is 0 Å². The van der Waals surface area contributed by atoms with Crippen molar-refractivity contribution in [3.8, 4) is 0 Å². The molecule has 8 heavy (non-hydrogen) atoms. The highest BCUT2D eigenvalue weighted by molar-refractivity contribution is 5.02. The minimum absolute atomic E-state index is 0.160. The van der Waals surface area contributed by atoms with Gasteiger partial charge >= 0.3 is 0 Å². The third-order valence-corrected chi connectivity index (χ3v) is 1.89. The summed E-state index contributed by atoms with van der Waals surface area (Å²) in [6, 6.07) is 0. The second kappa shape index (κ2) is 1.23. The zero-order valence-electron chi connectivity index (χ0n) is 4.63. The van der Waals surface area contributed by atoms with Crippen LogP contribution in [0.2, 0.25) is 0 Å². The molecule has 1 unspecified atom stereocenters. The van der Waals surface area contributed by atoms with Crippen molar-refractivity contribution in [3.05, 3.63) is 0 Å². The van der Waals surface area contributed by atoms with E-state index in [2.05, 4.69) is 4.90 Å². The Hall–Kier alpha value is -0.120. The van der Waals surface area contributed by atoms with Crippen molar-refractivity contribution in [1.82, 2.24) is 4.90 Å². The Morgan fingerprint density at radius 2 is 2.62 bits per heavy atom. The summed E-state index contributed by atoms with van der Waals surface area (Å²) < 4.78 is 5.24. The maximum Gasteiger partial charge on any atom is 0.158 e. The molecule has 0 radical (unpaired) electrons. The molecule has 0 amide bonds. The van der Waals surface area contributed by atoms with Crippen molar-refractivity contribution in [2.45, 2.75) is 5.72 Å². The van der Waals surface area contributed by atoms with Crippen LogP contribution < -0.4 is 0 Å². The van der Waals surface area contributed by atoms with Gasteiger partial charge in [-0.3, -0.25) is 4.90 Å². The van der Waals surface area contributed by atoms with E-state index in [4.69, 9.17) is 9.84 Å². The molecule has 0 bridgehead atoms. The molecule has 0 aromatic rings. The Morgan fingerprint density at radius 1 is 1.75 bits per heavy atom. The maximum atomic E-state index is 8.70. The highest BCUT2D eigenvalue weighted by Crippen LogP contribution is 2.36. The van der Waals surface area contributed by atoms with Crippen molar-refractivity contribution in [3.63, 3.8) is 0 Å². The zero-order valence-corrected chi connectivity index (χ0v) is 4.63. The van der Waals surface area contributed by atoms with Crippen molar-refractivity contribution in [2.24, 2.45) is 0 Å². The number of hydrogen-bond donors (Lipinski definition) is 1. The molecule has 46 valence electrons. The molecule has 0 spiro atoms. The Bertz CT molecular complexity index is 113. The molecular formula is C5H9NO2. The summed E-state index contributed by atoms with van der Waals surface area (Å²) in [6.45, 7) is 2.89. The fourth-order valence-corrected chi connectivity index (χ4v) is 1.22. The van der Waals surface area contributed by atoms with Gasteiger partial charge < -0.3 is 9.84 Å². The number of morpholine rings is 1. The smallest absolute Gasteiger partial charge is 0.158 e. The minimum Gasteiger partial charge on any atom is -0.392 e. The molecule has 2 aliphatic heterocycles. The zero-order chi connectivity index (χ0) is 5.61. The number of rotatable bonds is 1. The summed E-state index contributed by atoms with van der Waals surface area (Å²) in [6.07, 6.45) is 0. The van der Waals surface area contributed by atoms with Crippen LogP contribution in [0.3, 0.4) is 0 Å². The van der Waals surface area contributed by atoms with E-state index in [9.17, 15) is 0 Å². The van der Waals surface area contributed by atoms with Gasteiger partial charge in [-0.15, -0.1) is 0 Å². The average Bonchev–Trinajstić information content (AvgIpc) is 2.38. The van der Waals surface area contributed by atoms with Gasteiger partial charge in [0, 0.05) is 13.1 Å². The molecule has 2 aliphatic rings. The first-order valence-corrected chi connectivity index (χ1v) is 2.87. The predicted molar refractivity (Wildman–Crippen MR) is 27.3 cm³/mol. The summed E-state index contributed by atoms with van der Waals surface area (Å²) in [5.41, 5.74) is -0.208. The van der Waals surface area contributed by atoms with Crippen molar-refractivity contribution >= 4 is 0 Å². The Kier molecular flexibility index (Phi) is 0.730. The van der Waals surface area contributed by atoms with E-state index in [1.807, 2.05) is 0 Å². The lowest BCUT2D eigenvalue weighted by atomic mass is 10.4. The van der Waals surface area contributed by atoms with Gasteiger partial charge in [-0.25, -0.2) is 0 Å². The lowest BCUT2D eigenvalue weighted by molar-refractivity contribution is 0.0126. The first kappa shape index (κ1) is 4.73. The molecular weight excluding hydrogens is 106 g/mol. The molecule has 0 aliphatic carbocycles. The van der Waals surface area contributed by atoms with Crippen LogP contribution in [0.25, 0.3) is 0 Å². The van der Waals surface area contributed by atoms with Gasteiger partial charge in [0.1, 0.15) is 0 Å². The van der Waals surface area contributed by atoms with Crippen molar-refractivity contribution < 1.29 is 9.84 Å². The molecule has 3 nitrogen and oxygen atoms in total. The Morgan fingerprint density at radius 3 is 2.88 bits per heavy atom. The standard InChI is InChI=1S/C5H9NO2/c7-4-5-3-6(5)1-2-8-5/h7H,1-4H2/t5-,6?/m1/s1. The van der Waals surface area contributed by atoms with Gasteiger partial charge in [-0.1, -0.05) is 0 Å². The SMILES string of the molecule is OC[C@]12CN1CCO2. The normalized spacial score (nSPS) is 51.4. The van der Waals surface area contributed by atoms with Crippen LogP contribution in [0.4, 0.5) is 0 Å². The molecule has 0 saturated carbocycles. The number of fused-ring (bicyclic) bond motifs is 1. The minimum atomic E-state index is -0.208. The summed E-state index contributed by atoms with van der Waals surface area (Å²) in [7, 11) is 0. The topological polar surface area (TPSA) is 32.5 Å². The molecule has 2 heterocycles. The largest absolute Gasteiger partial charge is 0.392 e. The lowest BCUT2D eigenvalue weighted by Crippen LogP contribution is -2.19. The monoisotopic (exact) mass is 115 g/mol. The first-order valence-electron chi connectivity index (χ1n) is 2.87. The molecule has 1 N–H and O–H groups in total. The molecule has 2 rings (SSSR count).